The average molecular weight is 285 g/mol. The highest BCUT2D eigenvalue weighted by atomic mass is 32.2. The van der Waals surface area contributed by atoms with Gasteiger partial charge < -0.3 is 4.12 Å². The molecule has 0 aromatic carbocycles. The van der Waals surface area contributed by atoms with Crippen LogP contribution < -0.4 is 0 Å². The molecule has 17 heavy (non-hydrogen) atoms. The van der Waals surface area contributed by atoms with Crippen LogP contribution in [-0.4, -0.2) is 33.1 Å². The number of thioether (sulfide) groups is 1. The van der Waals surface area contributed by atoms with Crippen LogP contribution in [0.1, 0.15) is 0 Å². The maximum Gasteiger partial charge on any atom is 0.197 e. The monoisotopic (exact) mass is 284 g/mol. The van der Waals surface area contributed by atoms with Crippen LogP contribution in [0.2, 0.25) is 25.7 Å². The molecule has 0 saturated heterocycles. The summed E-state index contributed by atoms with van der Waals surface area (Å²) in [6.45, 7) is 10.5. The molecule has 0 spiro atoms. The highest BCUT2D eigenvalue weighted by Crippen LogP contribution is 2.16. The van der Waals surface area contributed by atoms with Crippen molar-refractivity contribution in [1.82, 2.24) is 9.97 Å². The van der Waals surface area contributed by atoms with E-state index in [4.69, 9.17) is 4.12 Å². The topological polar surface area (TPSA) is 35.0 Å². The van der Waals surface area contributed by atoms with E-state index in [0.29, 0.717) is 0 Å². The maximum absolute atomic E-state index is 6.13. The van der Waals surface area contributed by atoms with E-state index >= 15 is 0 Å². The number of aromatic nitrogens is 2. The summed E-state index contributed by atoms with van der Waals surface area (Å²) in [5, 5.41) is 0.855. The zero-order valence-corrected chi connectivity index (χ0v) is 13.7. The molecule has 0 N–H and O–H groups in total. The van der Waals surface area contributed by atoms with Gasteiger partial charge in [-0.15, -0.1) is 6.58 Å². The van der Waals surface area contributed by atoms with Crippen LogP contribution in [0.25, 0.3) is 0 Å². The molecule has 3 nitrogen and oxygen atoms in total. The average Bonchev–Trinajstić information content (AvgIpc) is 2.30. The van der Waals surface area contributed by atoms with Crippen LogP contribution in [0.4, 0.5) is 0 Å². The van der Waals surface area contributed by atoms with Crippen molar-refractivity contribution in [3.8, 4) is 0 Å². The molecule has 0 bridgehead atoms. The van der Waals surface area contributed by atoms with Gasteiger partial charge in [0.05, 0.1) is 0 Å². The molecule has 1 unspecified atom stereocenters. The summed E-state index contributed by atoms with van der Waals surface area (Å²) < 4.78 is 6.13. The molecule has 0 aliphatic carbocycles. The largest absolute Gasteiger partial charge is 0.455 e. The molecule has 0 amide bonds. The summed E-state index contributed by atoms with van der Waals surface area (Å²) in [5.74, 6) is 1.04. The molecule has 1 rings (SSSR count). The van der Waals surface area contributed by atoms with E-state index < -0.39 is 17.4 Å². The Kier molecular flexibility index (Phi) is 6.11. The summed E-state index contributed by atoms with van der Waals surface area (Å²) in [7, 11) is -2.66. The van der Waals surface area contributed by atoms with Crippen molar-refractivity contribution >= 4 is 29.1 Å². The molecule has 1 heterocycles. The quantitative estimate of drug-likeness (QED) is 0.438. The SMILES string of the molecule is C=C[Si](C)(C)O[SiH](C)CCSc1ncccn1. The standard InChI is InChI=1S/C11H20N2OSSi2/c1-5-17(3,4)14-16(2)10-9-15-11-12-7-6-8-13-11/h5-8,16H,1,9-10H2,2-4H3. The van der Waals surface area contributed by atoms with Crippen molar-refractivity contribution in [2.45, 2.75) is 30.8 Å². The van der Waals surface area contributed by atoms with Gasteiger partial charge in [0.15, 0.2) is 22.5 Å². The fourth-order valence-electron chi connectivity index (χ4n) is 1.30. The van der Waals surface area contributed by atoms with Crippen molar-refractivity contribution in [3.05, 3.63) is 30.7 Å². The van der Waals surface area contributed by atoms with Gasteiger partial charge in [-0.25, -0.2) is 9.97 Å². The minimum absolute atomic E-state index is 0.855. The smallest absolute Gasteiger partial charge is 0.197 e. The Morgan fingerprint density at radius 1 is 1.47 bits per heavy atom. The summed E-state index contributed by atoms with van der Waals surface area (Å²) in [6.07, 6.45) is 3.56. The van der Waals surface area contributed by atoms with Crippen molar-refractivity contribution in [2.24, 2.45) is 0 Å². The fraction of sp³-hybridized carbons (Fsp3) is 0.455. The van der Waals surface area contributed by atoms with E-state index in [1.807, 2.05) is 11.8 Å². The Balaban J connectivity index is 2.25. The molecule has 1 aromatic heterocycles. The zero-order chi connectivity index (χ0) is 12.7. The lowest BCUT2D eigenvalue weighted by molar-refractivity contribution is 0.582. The lowest BCUT2D eigenvalue weighted by Crippen LogP contribution is -2.34. The zero-order valence-electron chi connectivity index (χ0n) is 10.7. The molecule has 0 saturated carbocycles. The van der Waals surface area contributed by atoms with E-state index in [1.165, 1.54) is 0 Å². The van der Waals surface area contributed by atoms with Crippen LogP contribution in [-0.2, 0) is 4.12 Å². The summed E-state index contributed by atoms with van der Waals surface area (Å²) in [4.78, 5) is 8.37. The number of hydrogen-bond donors (Lipinski definition) is 0. The van der Waals surface area contributed by atoms with E-state index in [2.05, 4.69) is 36.2 Å². The van der Waals surface area contributed by atoms with Crippen LogP contribution >= 0.6 is 11.8 Å². The molecule has 0 aliphatic heterocycles. The Labute approximate surface area is 111 Å². The van der Waals surface area contributed by atoms with E-state index in [1.54, 1.807) is 24.2 Å². The molecule has 0 aliphatic rings. The molecular weight excluding hydrogens is 264 g/mol. The van der Waals surface area contributed by atoms with Crippen LogP contribution in [0.5, 0.6) is 0 Å². The lowest BCUT2D eigenvalue weighted by Gasteiger charge is -2.23. The van der Waals surface area contributed by atoms with Crippen molar-refractivity contribution < 1.29 is 4.12 Å². The second-order valence-corrected chi connectivity index (χ2v) is 12.2. The third-order valence-corrected chi connectivity index (χ3v) is 9.75. The Morgan fingerprint density at radius 2 is 2.12 bits per heavy atom. The van der Waals surface area contributed by atoms with E-state index in [0.717, 1.165) is 17.0 Å². The van der Waals surface area contributed by atoms with Gasteiger partial charge in [0, 0.05) is 18.1 Å². The summed E-state index contributed by atoms with van der Waals surface area (Å²) >= 11 is 1.70. The van der Waals surface area contributed by atoms with Gasteiger partial charge in [-0.05, 0) is 31.8 Å². The summed E-state index contributed by atoms with van der Waals surface area (Å²) in [5.41, 5.74) is 2.00. The normalized spacial score (nSPS) is 13.4. The lowest BCUT2D eigenvalue weighted by atomic mass is 10.7. The van der Waals surface area contributed by atoms with Gasteiger partial charge in [-0.1, -0.05) is 17.5 Å². The van der Waals surface area contributed by atoms with Crippen molar-refractivity contribution in [2.75, 3.05) is 5.75 Å². The molecule has 0 radical (unpaired) electrons. The van der Waals surface area contributed by atoms with Crippen molar-refractivity contribution in [1.29, 1.82) is 0 Å². The first-order valence-corrected chi connectivity index (χ1v) is 12.2. The van der Waals surface area contributed by atoms with Gasteiger partial charge in [0.2, 0.25) is 0 Å². The van der Waals surface area contributed by atoms with E-state index in [9.17, 15) is 0 Å². The minimum Gasteiger partial charge on any atom is -0.455 e. The predicted molar refractivity (Wildman–Crippen MR) is 79.3 cm³/mol. The second-order valence-electron chi connectivity index (χ2n) is 4.40. The van der Waals surface area contributed by atoms with Gasteiger partial charge >= 0.3 is 0 Å². The second kappa shape index (κ2) is 7.10. The first-order valence-electron chi connectivity index (χ1n) is 5.75. The number of rotatable bonds is 7. The molecular formula is C11H20N2OSSi2. The molecule has 94 valence electrons. The van der Waals surface area contributed by atoms with Crippen LogP contribution in [0.3, 0.4) is 0 Å². The molecule has 1 aromatic rings. The maximum atomic E-state index is 6.13. The van der Waals surface area contributed by atoms with Crippen LogP contribution in [0.15, 0.2) is 35.9 Å². The Morgan fingerprint density at radius 3 is 2.71 bits per heavy atom. The molecule has 0 fully saturated rings. The predicted octanol–water partition coefficient (Wildman–Crippen LogP) is 2.87. The van der Waals surface area contributed by atoms with Crippen molar-refractivity contribution in [3.63, 3.8) is 0 Å². The summed E-state index contributed by atoms with van der Waals surface area (Å²) in [6, 6.07) is 2.98. The minimum atomic E-state index is -1.58. The van der Waals surface area contributed by atoms with Crippen LogP contribution in [0, 0.1) is 0 Å². The Bertz CT molecular complexity index is 349. The highest BCUT2D eigenvalue weighted by Gasteiger charge is 2.20. The Hall–Kier alpha value is -0.436. The van der Waals surface area contributed by atoms with Gasteiger partial charge in [0.25, 0.3) is 0 Å². The fourth-order valence-corrected chi connectivity index (χ4v) is 8.56. The van der Waals surface area contributed by atoms with Gasteiger partial charge in [-0.3, -0.25) is 0 Å². The third kappa shape index (κ3) is 6.16. The van der Waals surface area contributed by atoms with Gasteiger partial charge in [0.1, 0.15) is 0 Å². The van der Waals surface area contributed by atoms with E-state index in [-0.39, 0.29) is 0 Å². The first kappa shape index (κ1) is 14.6. The first-order chi connectivity index (χ1) is 8.03. The molecule has 6 heteroatoms. The number of nitrogens with zero attached hydrogens (tertiary/aromatic N) is 2. The third-order valence-electron chi connectivity index (χ3n) is 2.29. The molecule has 1 atom stereocenters. The highest BCUT2D eigenvalue weighted by molar-refractivity contribution is 7.99. The van der Waals surface area contributed by atoms with Gasteiger partial charge in [-0.2, -0.15) is 0 Å². The number of hydrogen-bond acceptors (Lipinski definition) is 4.